The molecule has 2 atom stereocenters. The number of carbonyl (C=O) groups excluding carboxylic acids is 1. The predicted molar refractivity (Wildman–Crippen MR) is 75.2 cm³/mol. The van der Waals surface area contributed by atoms with Crippen LogP contribution in [0.2, 0.25) is 0 Å². The highest BCUT2D eigenvalue weighted by Crippen LogP contribution is 2.25. The van der Waals surface area contributed by atoms with Crippen LogP contribution in [0.25, 0.3) is 0 Å². The van der Waals surface area contributed by atoms with Gasteiger partial charge >= 0.3 is 5.97 Å². The zero-order valence-electron chi connectivity index (χ0n) is 12.3. The minimum atomic E-state index is -0.835. The number of carbonyl (C=O) groups is 2. The summed E-state index contributed by atoms with van der Waals surface area (Å²) in [5.41, 5.74) is 0.827. The van der Waals surface area contributed by atoms with Crippen molar-refractivity contribution in [3.8, 4) is 0 Å². The molecule has 1 aromatic heterocycles. The molecule has 7 heteroatoms. The standard InChI is InChI=1S/C14H19N3O4/c1-7-8(2)16-17(3)13(19)11(7)12(18)15-10-5-4-9(6-10)14(20)21/h9-10H,4-6H2,1-3H3,(H,15,18)(H,20,21)/t9-,10+/m0/s1. The molecule has 0 bridgehead atoms. The summed E-state index contributed by atoms with van der Waals surface area (Å²) in [7, 11) is 1.50. The smallest absolute Gasteiger partial charge is 0.306 e. The van der Waals surface area contributed by atoms with Gasteiger partial charge in [0.05, 0.1) is 11.6 Å². The van der Waals surface area contributed by atoms with Gasteiger partial charge in [-0.2, -0.15) is 5.10 Å². The van der Waals surface area contributed by atoms with Gasteiger partial charge in [0.2, 0.25) is 0 Å². The number of carboxylic acid groups (broad SMARTS) is 1. The lowest BCUT2D eigenvalue weighted by atomic mass is 10.1. The van der Waals surface area contributed by atoms with Crippen molar-refractivity contribution in [2.45, 2.75) is 39.2 Å². The first-order valence-corrected chi connectivity index (χ1v) is 6.89. The lowest BCUT2D eigenvalue weighted by Gasteiger charge is -2.14. The van der Waals surface area contributed by atoms with E-state index in [1.165, 1.54) is 7.05 Å². The number of aromatic nitrogens is 2. The summed E-state index contributed by atoms with van der Waals surface area (Å²) in [6, 6.07) is -0.198. The summed E-state index contributed by atoms with van der Waals surface area (Å²) in [6.07, 6.45) is 1.57. The van der Waals surface area contributed by atoms with Gasteiger partial charge in [0.1, 0.15) is 5.56 Å². The van der Waals surface area contributed by atoms with Gasteiger partial charge in [0.15, 0.2) is 0 Å². The maximum atomic E-state index is 12.3. The molecule has 21 heavy (non-hydrogen) atoms. The van der Waals surface area contributed by atoms with E-state index in [2.05, 4.69) is 10.4 Å². The van der Waals surface area contributed by atoms with E-state index in [0.29, 0.717) is 30.5 Å². The van der Waals surface area contributed by atoms with Crippen LogP contribution in [0.15, 0.2) is 4.79 Å². The molecule has 1 saturated carbocycles. The van der Waals surface area contributed by atoms with Crippen LogP contribution < -0.4 is 10.9 Å². The van der Waals surface area contributed by atoms with Gasteiger partial charge < -0.3 is 10.4 Å². The van der Waals surface area contributed by atoms with E-state index in [1.807, 2.05) is 0 Å². The average molecular weight is 293 g/mol. The van der Waals surface area contributed by atoms with Crippen LogP contribution in [0.1, 0.15) is 40.9 Å². The molecule has 1 aliphatic rings. The largest absolute Gasteiger partial charge is 0.481 e. The van der Waals surface area contributed by atoms with E-state index in [1.54, 1.807) is 13.8 Å². The summed E-state index contributed by atoms with van der Waals surface area (Å²) in [5, 5.41) is 15.8. The molecule has 0 saturated heterocycles. The monoisotopic (exact) mass is 293 g/mol. The minimum Gasteiger partial charge on any atom is -0.481 e. The Morgan fingerprint density at radius 3 is 2.57 bits per heavy atom. The highest BCUT2D eigenvalue weighted by Gasteiger charge is 2.31. The van der Waals surface area contributed by atoms with Crippen LogP contribution in [0.5, 0.6) is 0 Å². The van der Waals surface area contributed by atoms with E-state index in [4.69, 9.17) is 5.11 Å². The quantitative estimate of drug-likeness (QED) is 0.839. The Balaban J connectivity index is 2.19. The maximum absolute atomic E-state index is 12.3. The number of carboxylic acids is 1. The lowest BCUT2D eigenvalue weighted by molar-refractivity contribution is -0.141. The first kappa shape index (κ1) is 15.2. The topological polar surface area (TPSA) is 101 Å². The van der Waals surface area contributed by atoms with Crippen LogP contribution in [0, 0.1) is 19.8 Å². The normalized spacial score (nSPS) is 21.3. The van der Waals surface area contributed by atoms with E-state index in [-0.39, 0.29) is 11.6 Å². The van der Waals surface area contributed by atoms with E-state index < -0.39 is 23.4 Å². The molecule has 1 aliphatic carbocycles. The molecule has 0 aliphatic heterocycles. The third-order valence-corrected chi connectivity index (χ3v) is 4.07. The van der Waals surface area contributed by atoms with Gasteiger partial charge in [0, 0.05) is 13.1 Å². The third-order valence-electron chi connectivity index (χ3n) is 4.07. The van der Waals surface area contributed by atoms with Gasteiger partial charge in [-0.15, -0.1) is 0 Å². The molecule has 2 rings (SSSR count). The molecule has 1 amide bonds. The average Bonchev–Trinajstić information content (AvgIpc) is 2.85. The first-order valence-electron chi connectivity index (χ1n) is 6.89. The molecule has 7 nitrogen and oxygen atoms in total. The second kappa shape index (κ2) is 5.67. The Morgan fingerprint density at radius 2 is 2.00 bits per heavy atom. The summed E-state index contributed by atoms with van der Waals surface area (Å²) in [4.78, 5) is 35.3. The van der Waals surface area contributed by atoms with E-state index in [0.717, 1.165) is 4.68 Å². The van der Waals surface area contributed by atoms with Crippen LogP contribution >= 0.6 is 0 Å². The molecular weight excluding hydrogens is 274 g/mol. The minimum absolute atomic E-state index is 0.0868. The summed E-state index contributed by atoms with van der Waals surface area (Å²) >= 11 is 0. The molecule has 0 aromatic carbocycles. The van der Waals surface area contributed by atoms with Crippen molar-refractivity contribution < 1.29 is 14.7 Å². The van der Waals surface area contributed by atoms with Crippen LogP contribution in [0.3, 0.4) is 0 Å². The Morgan fingerprint density at radius 1 is 1.33 bits per heavy atom. The number of hydrogen-bond donors (Lipinski definition) is 2. The maximum Gasteiger partial charge on any atom is 0.306 e. The van der Waals surface area contributed by atoms with Crippen LogP contribution in [-0.4, -0.2) is 32.8 Å². The zero-order valence-corrected chi connectivity index (χ0v) is 12.3. The Hall–Kier alpha value is -2.18. The Bertz CT molecular complexity index is 650. The Labute approximate surface area is 122 Å². The van der Waals surface area contributed by atoms with Crippen molar-refractivity contribution in [1.82, 2.24) is 15.1 Å². The first-order chi connectivity index (χ1) is 9.81. The molecule has 1 aromatic rings. The van der Waals surface area contributed by atoms with Crippen molar-refractivity contribution in [3.05, 3.63) is 27.2 Å². The fourth-order valence-corrected chi connectivity index (χ4v) is 2.71. The molecule has 0 unspecified atom stereocenters. The molecule has 114 valence electrons. The highest BCUT2D eigenvalue weighted by atomic mass is 16.4. The molecule has 0 radical (unpaired) electrons. The Kier molecular flexibility index (Phi) is 4.11. The number of aliphatic carboxylic acids is 1. The second-order valence-electron chi connectivity index (χ2n) is 5.53. The van der Waals surface area contributed by atoms with Gasteiger partial charge in [-0.25, -0.2) is 4.68 Å². The molecule has 0 spiro atoms. The summed E-state index contributed by atoms with van der Waals surface area (Å²) < 4.78 is 1.14. The second-order valence-corrected chi connectivity index (χ2v) is 5.53. The van der Waals surface area contributed by atoms with Crippen molar-refractivity contribution in [2.24, 2.45) is 13.0 Å². The van der Waals surface area contributed by atoms with Gasteiger partial charge in [-0.3, -0.25) is 14.4 Å². The van der Waals surface area contributed by atoms with Crippen molar-refractivity contribution in [1.29, 1.82) is 0 Å². The number of hydrogen-bond acceptors (Lipinski definition) is 4. The van der Waals surface area contributed by atoms with Crippen molar-refractivity contribution in [3.63, 3.8) is 0 Å². The van der Waals surface area contributed by atoms with Gasteiger partial charge in [-0.1, -0.05) is 0 Å². The van der Waals surface area contributed by atoms with Gasteiger partial charge in [0.25, 0.3) is 11.5 Å². The SMILES string of the molecule is Cc1nn(C)c(=O)c(C(=O)N[C@@H]2CC[C@H](C(=O)O)C2)c1C. The highest BCUT2D eigenvalue weighted by molar-refractivity contribution is 5.95. The van der Waals surface area contributed by atoms with Crippen molar-refractivity contribution >= 4 is 11.9 Å². The van der Waals surface area contributed by atoms with E-state index in [9.17, 15) is 14.4 Å². The van der Waals surface area contributed by atoms with Crippen LogP contribution in [0.4, 0.5) is 0 Å². The van der Waals surface area contributed by atoms with E-state index >= 15 is 0 Å². The predicted octanol–water partition coefficient (Wildman–Crippen LogP) is 0.380. The van der Waals surface area contributed by atoms with Crippen molar-refractivity contribution in [2.75, 3.05) is 0 Å². The number of nitrogens with one attached hydrogen (secondary N) is 1. The fourth-order valence-electron chi connectivity index (χ4n) is 2.71. The number of nitrogens with zero attached hydrogens (tertiary/aromatic N) is 2. The molecule has 1 heterocycles. The zero-order chi connectivity index (χ0) is 15.7. The molecule has 2 N–H and O–H groups in total. The molecule has 1 fully saturated rings. The lowest BCUT2D eigenvalue weighted by Crippen LogP contribution is -2.39. The third kappa shape index (κ3) is 2.96. The fraction of sp³-hybridized carbons (Fsp3) is 0.571. The van der Waals surface area contributed by atoms with Crippen LogP contribution in [-0.2, 0) is 11.8 Å². The number of aryl methyl sites for hydroxylation is 2. The van der Waals surface area contributed by atoms with Gasteiger partial charge in [-0.05, 0) is 38.7 Å². The summed E-state index contributed by atoms with van der Waals surface area (Å²) in [5.74, 6) is -1.70. The molecular formula is C14H19N3O4. The number of amides is 1. The number of rotatable bonds is 3. The summed E-state index contributed by atoms with van der Waals surface area (Å²) in [6.45, 7) is 3.43.